The highest BCUT2D eigenvalue weighted by atomic mass is 16.5. The van der Waals surface area contributed by atoms with Gasteiger partial charge in [-0.25, -0.2) is 9.48 Å². The monoisotopic (exact) mass is 341 g/mol. The zero-order valence-corrected chi connectivity index (χ0v) is 14.8. The van der Waals surface area contributed by atoms with Crippen LogP contribution in [-0.4, -0.2) is 34.3 Å². The number of para-hydroxylation sites is 1. The van der Waals surface area contributed by atoms with Crippen LogP contribution in [0.2, 0.25) is 0 Å². The maximum Gasteiger partial charge on any atom is 0.341 e. The number of carbonyl (C=O) groups excluding carboxylic acids is 2. The Morgan fingerprint density at radius 1 is 1.32 bits per heavy atom. The SMILES string of the molecule is CC(C)(C)c1nn(-c2ccccc2)cc1C(=O)OC[C@H]1CCC(=O)N1. The fourth-order valence-electron chi connectivity index (χ4n) is 2.85. The van der Waals surface area contributed by atoms with Gasteiger partial charge in [0.1, 0.15) is 12.2 Å². The lowest BCUT2D eigenvalue weighted by atomic mass is 9.89. The van der Waals surface area contributed by atoms with Gasteiger partial charge in [0.15, 0.2) is 0 Å². The summed E-state index contributed by atoms with van der Waals surface area (Å²) >= 11 is 0. The van der Waals surface area contributed by atoms with Crippen LogP contribution in [0.1, 0.15) is 49.7 Å². The van der Waals surface area contributed by atoms with Crippen molar-refractivity contribution in [1.29, 1.82) is 0 Å². The van der Waals surface area contributed by atoms with Crippen molar-refractivity contribution in [1.82, 2.24) is 15.1 Å². The molecule has 25 heavy (non-hydrogen) atoms. The molecule has 1 fully saturated rings. The molecule has 6 heteroatoms. The Morgan fingerprint density at radius 3 is 2.64 bits per heavy atom. The van der Waals surface area contributed by atoms with Crippen LogP contribution >= 0.6 is 0 Å². The fraction of sp³-hybridized carbons (Fsp3) is 0.421. The lowest BCUT2D eigenvalue weighted by molar-refractivity contribution is -0.119. The molecule has 1 aliphatic rings. The van der Waals surface area contributed by atoms with Crippen LogP contribution in [0.4, 0.5) is 0 Å². The molecular formula is C19H23N3O3. The number of esters is 1. The Morgan fingerprint density at radius 2 is 2.04 bits per heavy atom. The first-order chi connectivity index (χ1) is 11.8. The number of aromatic nitrogens is 2. The Kier molecular flexibility index (Phi) is 4.61. The standard InChI is InChI=1S/C19H23N3O3/c1-19(2,3)17-15(11-22(21-17)14-7-5-4-6-8-14)18(24)25-12-13-9-10-16(23)20-13/h4-8,11,13H,9-10,12H2,1-3H3,(H,20,23)/t13-/m1/s1. The number of hydrogen-bond acceptors (Lipinski definition) is 4. The smallest absolute Gasteiger partial charge is 0.341 e. The molecule has 2 aromatic rings. The molecule has 0 spiro atoms. The molecular weight excluding hydrogens is 318 g/mol. The van der Waals surface area contributed by atoms with E-state index in [9.17, 15) is 9.59 Å². The Hall–Kier alpha value is -2.63. The molecule has 0 radical (unpaired) electrons. The van der Waals surface area contributed by atoms with Gasteiger partial charge in [0.05, 0.1) is 17.4 Å². The van der Waals surface area contributed by atoms with Crippen LogP contribution in [-0.2, 0) is 14.9 Å². The minimum atomic E-state index is -0.409. The first-order valence-electron chi connectivity index (χ1n) is 8.46. The van der Waals surface area contributed by atoms with Crippen molar-refractivity contribution in [3.63, 3.8) is 0 Å². The van der Waals surface area contributed by atoms with E-state index in [1.54, 1.807) is 10.9 Å². The highest BCUT2D eigenvalue weighted by molar-refractivity contribution is 5.91. The maximum absolute atomic E-state index is 12.6. The number of amides is 1. The van der Waals surface area contributed by atoms with Crippen LogP contribution in [0.15, 0.2) is 36.5 Å². The number of rotatable bonds is 4. The Bertz CT molecular complexity index is 775. The lowest BCUT2D eigenvalue weighted by Gasteiger charge is -2.17. The van der Waals surface area contributed by atoms with Gasteiger partial charge in [-0.15, -0.1) is 0 Å². The average Bonchev–Trinajstić information content (AvgIpc) is 3.19. The molecule has 6 nitrogen and oxygen atoms in total. The van der Waals surface area contributed by atoms with Gasteiger partial charge >= 0.3 is 5.97 Å². The van der Waals surface area contributed by atoms with E-state index in [1.807, 2.05) is 51.1 Å². The zero-order valence-electron chi connectivity index (χ0n) is 14.8. The number of nitrogens with zero attached hydrogens (tertiary/aromatic N) is 2. The summed E-state index contributed by atoms with van der Waals surface area (Å²) in [5, 5.41) is 7.41. The molecule has 1 amide bonds. The molecule has 0 unspecified atom stereocenters. The molecule has 0 bridgehead atoms. The molecule has 1 atom stereocenters. The van der Waals surface area contributed by atoms with Gasteiger partial charge in [0.25, 0.3) is 0 Å². The summed E-state index contributed by atoms with van der Waals surface area (Å²) in [5.41, 5.74) is 1.74. The summed E-state index contributed by atoms with van der Waals surface area (Å²) in [5.74, 6) is -0.401. The van der Waals surface area contributed by atoms with Crippen molar-refractivity contribution in [3.05, 3.63) is 47.8 Å². The van der Waals surface area contributed by atoms with Crippen molar-refractivity contribution in [2.45, 2.75) is 45.1 Å². The second kappa shape index (κ2) is 6.70. The van der Waals surface area contributed by atoms with Gasteiger partial charge < -0.3 is 10.1 Å². The second-order valence-electron chi connectivity index (χ2n) is 7.32. The first-order valence-corrected chi connectivity index (χ1v) is 8.46. The van der Waals surface area contributed by atoms with E-state index in [0.29, 0.717) is 24.1 Å². The molecule has 1 aromatic carbocycles. The number of hydrogen-bond donors (Lipinski definition) is 1. The quantitative estimate of drug-likeness (QED) is 0.868. The molecule has 1 N–H and O–H groups in total. The second-order valence-corrected chi connectivity index (χ2v) is 7.32. The van der Waals surface area contributed by atoms with E-state index >= 15 is 0 Å². The summed E-state index contributed by atoms with van der Waals surface area (Å²) in [6.07, 6.45) is 2.90. The summed E-state index contributed by atoms with van der Waals surface area (Å²) < 4.78 is 7.14. The summed E-state index contributed by atoms with van der Waals surface area (Å²) in [6, 6.07) is 9.55. The maximum atomic E-state index is 12.6. The van der Waals surface area contributed by atoms with Gasteiger partial charge in [-0.05, 0) is 18.6 Å². The molecule has 2 heterocycles. The summed E-state index contributed by atoms with van der Waals surface area (Å²) in [4.78, 5) is 23.9. The number of benzene rings is 1. The third-order valence-corrected chi connectivity index (χ3v) is 4.17. The zero-order chi connectivity index (χ0) is 18.0. The van der Waals surface area contributed by atoms with E-state index in [0.717, 1.165) is 5.69 Å². The minimum Gasteiger partial charge on any atom is -0.460 e. The first kappa shape index (κ1) is 17.2. The predicted octanol–water partition coefficient (Wildman–Crippen LogP) is 2.61. The highest BCUT2D eigenvalue weighted by Crippen LogP contribution is 2.26. The van der Waals surface area contributed by atoms with Crippen LogP contribution in [0.3, 0.4) is 0 Å². The molecule has 0 saturated carbocycles. The predicted molar refractivity (Wildman–Crippen MR) is 93.7 cm³/mol. The number of carbonyl (C=O) groups is 2. The van der Waals surface area contributed by atoms with E-state index in [2.05, 4.69) is 10.4 Å². The normalized spacial score (nSPS) is 17.4. The van der Waals surface area contributed by atoms with Gasteiger partial charge in [0.2, 0.25) is 5.91 Å². The van der Waals surface area contributed by atoms with Crippen molar-refractivity contribution >= 4 is 11.9 Å². The largest absolute Gasteiger partial charge is 0.460 e. The van der Waals surface area contributed by atoms with E-state index in [4.69, 9.17) is 4.74 Å². The van der Waals surface area contributed by atoms with Gasteiger partial charge in [-0.3, -0.25) is 4.79 Å². The van der Waals surface area contributed by atoms with Crippen LogP contribution in [0.5, 0.6) is 0 Å². The van der Waals surface area contributed by atoms with Gasteiger partial charge in [0, 0.05) is 18.0 Å². The van der Waals surface area contributed by atoms with E-state index in [-0.39, 0.29) is 24.0 Å². The van der Waals surface area contributed by atoms with Crippen molar-refractivity contribution < 1.29 is 14.3 Å². The van der Waals surface area contributed by atoms with Crippen LogP contribution in [0, 0.1) is 0 Å². The Labute approximate surface area is 147 Å². The lowest BCUT2D eigenvalue weighted by Crippen LogP contribution is -2.31. The van der Waals surface area contributed by atoms with E-state index in [1.165, 1.54) is 0 Å². The Balaban J connectivity index is 1.82. The topological polar surface area (TPSA) is 73.2 Å². The summed E-state index contributed by atoms with van der Waals surface area (Å²) in [7, 11) is 0. The minimum absolute atomic E-state index is 0.00771. The third kappa shape index (κ3) is 3.90. The molecule has 3 rings (SSSR count). The number of ether oxygens (including phenoxy) is 1. The fourth-order valence-corrected chi connectivity index (χ4v) is 2.85. The highest BCUT2D eigenvalue weighted by Gasteiger charge is 2.29. The van der Waals surface area contributed by atoms with Crippen LogP contribution < -0.4 is 5.32 Å². The molecule has 0 aliphatic carbocycles. The number of nitrogens with one attached hydrogen (secondary N) is 1. The van der Waals surface area contributed by atoms with Gasteiger partial charge in [-0.2, -0.15) is 5.10 Å². The van der Waals surface area contributed by atoms with Gasteiger partial charge in [-0.1, -0.05) is 39.0 Å². The summed E-state index contributed by atoms with van der Waals surface area (Å²) in [6.45, 7) is 6.22. The molecule has 1 aromatic heterocycles. The molecule has 1 aliphatic heterocycles. The van der Waals surface area contributed by atoms with Crippen molar-refractivity contribution in [3.8, 4) is 5.69 Å². The van der Waals surface area contributed by atoms with Crippen molar-refractivity contribution in [2.75, 3.05) is 6.61 Å². The molecule has 1 saturated heterocycles. The average molecular weight is 341 g/mol. The van der Waals surface area contributed by atoms with Crippen LogP contribution in [0.25, 0.3) is 5.69 Å². The third-order valence-electron chi connectivity index (χ3n) is 4.17. The van der Waals surface area contributed by atoms with E-state index < -0.39 is 5.97 Å². The molecule has 132 valence electrons. The van der Waals surface area contributed by atoms with Crippen molar-refractivity contribution in [2.24, 2.45) is 0 Å².